The average molecular weight is 384 g/mol. The van der Waals surface area contributed by atoms with E-state index in [2.05, 4.69) is 15.3 Å². The normalized spacial score (nSPS) is 10.9. The van der Waals surface area contributed by atoms with Crippen LogP contribution < -0.4 is 14.2 Å². The van der Waals surface area contributed by atoms with Crippen LogP contribution in [0.4, 0.5) is 0 Å². The van der Waals surface area contributed by atoms with Crippen LogP contribution in [0.2, 0.25) is 0 Å². The largest absolute Gasteiger partial charge is 0.497 e. The van der Waals surface area contributed by atoms with Crippen molar-refractivity contribution in [3.8, 4) is 17.2 Å². The smallest absolute Gasteiger partial charge is 0.216 e. The summed E-state index contributed by atoms with van der Waals surface area (Å²) in [5, 5.41) is 11.5. The van der Waals surface area contributed by atoms with Crippen LogP contribution in [0, 0.1) is 4.77 Å². The molecule has 3 aromatic rings. The van der Waals surface area contributed by atoms with Crippen LogP contribution in [0.5, 0.6) is 17.2 Å². The van der Waals surface area contributed by atoms with Crippen molar-refractivity contribution < 1.29 is 14.2 Å². The first-order chi connectivity index (χ1) is 13.1. The Balaban J connectivity index is 1.86. The molecular weight excluding hydrogens is 364 g/mol. The molecule has 0 atom stereocenters. The van der Waals surface area contributed by atoms with E-state index in [1.54, 1.807) is 38.3 Å². The molecule has 0 aliphatic rings. The lowest BCUT2D eigenvalue weighted by Gasteiger charge is -2.06. The topological polar surface area (TPSA) is 73.7 Å². The molecule has 0 aliphatic heterocycles. The van der Waals surface area contributed by atoms with Gasteiger partial charge in [0.1, 0.15) is 17.2 Å². The fraction of sp³-hybridized carbons (Fsp3) is 0.211. The molecule has 0 spiro atoms. The van der Waals surface area contributed by atoms with E-state index < -0.39 is 0 Å². The standard InChI is InChI=1S/C19H20N4O3S/c1-24-15-6-4-13(5-7-15)10-18-21-22-19(27)23(18)20-12-14-8-16(25-2)11-17(9-14)26-3/h4-9,11-12H,10H2,1-3H3,(H,22,27)/b20-12-. The number of hydrogen-bond acceptors (Lipinski definition) is 6. The van der Waals surface area contributed by atoms with Gasteiger partial charge in [-0.15, -0.1) is 0 Å². The van der Waals surface area contributed by atoms with Crippen molar-refractivity contribution in [2.24, 2.45) is 5.10 Å². The zero-order valence-electron chi connectivity index (χ0n) is 15.3. The lowest BCUT2D eigenvalue weighted by molar-refractivity contribution is 0.394. The Morgan fingerprint density at radius 2 is 1.63 bits per heavy atom. The van der Waals surface area contributed by atoms with Crippen molar-refractivity contribution in [1.29, 1.82) is 0 Å². The van der Waals surface area contributed by atoms with Gasteiger partial charge in [-0.2, -0.15) is 14.9 Å². The van der Waals surface area contributed by atoms with E-state index in [0.717, 1.165) is 16.9 Å². The monoisotopic (exact) mass is 384 g/mol. The van der Waals surface area contributed by atoms with Crippen molar-refractivity contribution >= 4 is 18.4 Å². The van der Waals surface area contributed by atoms with Gasteiger partial charge in [-0.3, -0.25) is 5.10 Å². The molecule has 0 saturated carbocycles. The Labute approximate surface area is 162 Å². The molecular formula is C19H20N4O3S. The highest BCUT2D eigenvalue weighted by Crippen LogP contribution is 2.21. The lowest BCUT2D eigenvalue weighted by atomic mass is 10.1. The number of nitrogens with one attached hydrogen (secondary N) is 1. The van der Waals surface area contributed by atoms with E-state index in [9.17, 15) is 0 Å². The van der Waals surface area contributed by atoms with Crippen LogP contribution in [0.3, 0.4) is 0 Å². The molecule has 3 rings (SSSR count). The summed E-state index contributed by atoms with van der Waals surface area (Å²) in [5.41, 5.74) is 1.90. The Morgan fingerprint density at radius 3 is 2.22 bits per heavy atom. The molecule has 140 valence electrons. The summed E-state index contributed by atoms with van der Waals surface area (Å²) in [5.74, 6) is 2.88. The number of nitrogens with zero attached hydrogens (tertiary/aromatic N) is 3. The number of rotatable bonds is 7. The second-order valence-corrected chi connectivity index (χ2v) is 6.06. The molecule has 1 aromatic heterocycles. The number of aromatic nitrogens is 3. The quantitative estimate of drug-likeness (QED) is 0.499. The molecule has 0 bridgehead atoms. The molecule has 1 N–H and O–H groups in total. The SMILES string of the molecule is COc1ccc(Cc2n[nH]c(=S)n2/N=C\c2cc(OC)cc(OC)c2)cc1. The zero-order chi connectivity index (χ0) is 19.2. The van der Waals surface area contributed by atoms with Crippen LogP contribution in [0.1, 0.15) is 17.0 Å². The van der Waals surface area contributed by atoms with Crippen molar-refractivity contribution in [3.63, 3.8) is 0 Å². The maximum Gasteiger partial charge on any atom is 0.216 e. The van der Waals surface area contributed by atoms with E-state index in [-0.39, 0.29) is 0 Å². The van der Waals surface area contributed by atoms with Crippen molar-refractivity contribution in [1.82, 2.24) is 14.9 Å². The fourth-order valence-electron chi connectivity index (χ4n) is 2.51. The van der Waals surface area contributed by atoms with E-state index in [1.165, 1.54) is 0 Å². The number of benzene rings is 2. The number of aromatic amines is 1. The molecule has 27 heavy (non-hydrogen) atoms. The lowest BCUT2D eigenvalue weighted by Crippen LogP contribution is -2.01. The summed E-state index contributed by atoms with van der Waals surface area (Å²) in [6, 6.07) is 13.3. The Morgan fingerprint density at radius 1 is 1.00 bits per heavy atom. The first kappa shape index (κ1) is 18.7. The molecule has 7 nitrogen and oxygen atoms in total. The third kappa shape index (κ3) is 4.53. The number of methoxy groups -OCH3 is 3. The molecule has 1 heterocycles. The average Bonchev–Trinajstić information content (AvgIpc) is 3.05. The number of hydrogen-bond donors (Lipinski definition) is 1. The van der Waals surface area contributed by atoms with E-state index in [1.807, 2.05) is 36.4 Å². The van der Waals surface area contributed by atoms with Gasteiger partial charge in [0, 0.05) is 18.1 Å². The summed E-state index contributed by atoms with van der Waals surface area (Å²) in [6.45, 7) is 0. The predicted molar refractivity (Wildman–Crippen MR) is 106 cm³/mol. The van der Waals surface area contributed by atoms with Crippen LogP contribution in [0.25, 0.3) is 0 Å². The van der Waals surface area contributed by atoms with Crippen molar-refractivity contribution in [2.45, 2.75) is 6.42 Å². The summed E-state index contributed by atoms with van der Waals surface area (Å²) < 4.78 is 17.8. The third-order valence-corrected chi connectivity index (χ3v) is 4.20. The highest BCUT2D eigenvalue weighted by atomic mass is 32.1. The fourth-order valence-corrected chi connectivity index (χ4v) is 2.71. The summed E-state index contributed by atoms with van der Waals surface area (Å²) in [7, 11) is 4.85. The molecule has 0 radical (unpaired) electrons. The number of H-pyrrole nitrogens is 1. The minimum absolute atomic E-state index is 0.421. The van der Waals surface area contributed by atoms with E-state index >= 15 is 0 Å². The summed E-state index contributed by atoms with van der Waals surface area (Å²) in [4.78, 5) is 0. The minimum Gasteiger partial charge on any atom is -0.497 e. The van der Waals surface area contributed by atoms with Crippen LogP contribution in [-0.2, 0) is 6.42 Å². The van der Waals surface area contributed by atoms with Crippen molar-refractivity contribution in [3.05, 3.63) is 64.2 Å². The second kappa shape index (κ2) is 8.50. The maximum atomic E-state index is 5.30. The van der Waals surface area contributed by atoms with Crippen LogP contribution >= 0.6 is 12.2 Å². The first-order valence-electron chi connectivity index (χ1n) is 8.19. The maximum absolute atomic E-state index is 5.30. The van der Waals surface area contributed by atoms with Gasteiger partial charge in [0.25, 0.3) is 0 Å². The molecule has 0 aliphatic carbocycles. The van der Waals surface area contributed by atoms with Gasteiger partial charge in [-0.1, -0.05) is 12.1 Å². The Hall–Kier alpha value is -3.13. The molecule has 2 aromatic carbocycles. The highest BCUT2D eigenvalue weighted by molar-refractivity contribution is 7.71. The van der Waals surface area contributed by atoms with Gasteiger partial charge in [0.15, 0.2) is 5.82 Å². The minimum atomic E-state index is 0.421. The zero-order valence-corrected chi connectivity index (χ0v) is 16.1. The van der Waals surface area contributed by atoms with Gasteiger partial charge in [-0.25, -0.2) is 0 Å². The van der Waals surface area contributed by atoms with E-state index in [4.69, 9.17) is 26.4 Å². The van der Waals surface area contributed by atoms with Crippen LogP contribution in [0.15, 0.2) is 47.6 Å². The molecule has 8 heteroatoms. The van der Waals surface area contributed by atoms with Gasteiger partial charge in [-0.05, 0) is 42.0 Å². The van der Waals surface area contributed by atoms with Crippen molar-refractivity contribution in [2.75, 3.05) is 21.3 Å². The molecule has 0 unspecified atom stereocenters. The predicted octanol–water partition coefficient (Wildman–Crippen LogP) is 3.44. The third-order valence-electron chi connectivity index (χ3n) is 3.93. The first-order valence-corrected chi connectivity index (χ1v) is 8.60. The van der Waals surface area contributed by atoms with Crippen LogP contribution in [-0.4, -0.2) is 42.4 Å². The Kier molecular flexibility index (Phi) is 5.87. The second-order valence-electron chi connectivity index (χ2n) is 5.67. The highest BCUT2D eigenvalue weighted by Gasteiger charge is 2.07. The van der Waals surface area contributed by atoms with Gasteiger partial charge < -0.3 is 14.2 Å². The molecule has 0 amide bonds. The van der Waals surface area contributed by atoms with Gasteiger partial charge in [0.2, 0.25) is 4.77 Å². The summed E-state index contributed by atoms with van der Waals surface area (Å²) >= 11 is 5.30. The van der Waals surface area contributed by atoms with Gasteiger partial charge >= 0.3 is 0 Å². The summed E-state index contributed by atoms with van der Waals surface area (Å²) in [6.07, 6.45) is 2.27. The molecule has 0 fully saturated rings. The molecule has 0 saturated heterocycles. The van der Waals surface area contributed by atoms with E-state index in [0.29, 0.717) is 28.5 Å². The Bertz CT molecular complexity index is 971. The number of ether oxygens (including phenoxy) is 3. The van der Waals surface area contributed by atoms with Gasteiger partial charge in [0.05, 0.1) is 27.5 Å².